The van der Waals surface area contributed by atoms with Crippen LogP contribution in [0.1, 0.15) is 23.4 Å². The minimum Gasteiger partial charge on any atom is -0.379 e. The fourth-order valence-corrected chi connectivity index (χ4v) is 3.93. The monoisotopic (exact) mass is 372 g/mol. The third kappa shape index (κ3) is 5.56. The third-order valence-electron chi connectivity index (χ3n) is 4.43. The second kappa shape index (κ2) is 10.3. The molecule has 0 saturated carbocycles. The number of thiophene rings is 1. The van der Waals surface area contributed by atoms with Crippen LogP contribution < -0.4 is 10.6 Å². The Balaban J connectivity index is 1.64. The lowest BCUT2D eigenvalue weighted by molar-refractivity contribution is 0.0177. The van der Waals surface area contributed by atoms with E-state index in [0.717, 1.165) is 45.4 Å². The van der Waals surface area contributed by atoms with E-state index in [1.165, 1.54) is 10.4 Å². The first kappa shape index (κ1) is 18.9. The van der Waals surface area contributed by atoms with Crippen molar-refractivity contribution in [3.05, 3.63) is 58.3 Å². The smallest absolute Gasteiger partial charge is 0.191 e. The van der Waals surface area contributed by atoms with Gasteiger partial charge in [0.1, 0.15) is 0 Å². The fraction of sp³-hybridized carbons (Fsp3) is 0.450. The molecule has 0 radical (unpaired) electrons. The van der Waals surface area contributed by atoms with E-state index in [9.17, 15) is 0 Å². The van der Waals surface area contributed by atoms with Gasteiger partial charge in [0, 0.05) is 31.1 Å². The first-order valence-corrected chi connectivity index (χ1v) is 10.2. The quantitative estimate of drug-likeness (QED) is 0.580. The normalized spacial score (nSPS) is 17.0. The van der Waals surface area contributed by atoms with Crippen LogP contribution in [0.4, 0.5) is 0 Å². The zero-order chi connectivity index (χ0) is 18.0. The Bertz CT molecular complexity index is 654. The lowest BCUT2D eigenvalue weighted by Gasteiger charge is -2.34. The zero-order valence-corrected chi connectivity index (χ0v) is 16.2. The Morgan fingerprint density at radius 1 is 1.15 bits per heavy atom. The highest BCUT2D eigenvalue weighted by atomic mass is 32.1. The molecule has 0 spiro atoms. The Labute approximate surface area is 160 Å². The maximum Gasteiger partial charge on any atom is 0.191 e. The third-order valence-corrected chi connectivity index (χ3v) is 5.40. The summed E-state index contributed by atoms with van der Waals surface area (Å²) in [5, 5.41) is 9.05. The number of aliphatic imine (C=N–C) groups is 1. The molecule has 1 aliphatic heterocycles. The number of hydrogen-bond donors (Lipinski definition) is 2. The second-order valence-corrected chi connectivity index (χ2v) is 7.22. The largest absolute Gasteiger partial charge is 0.379 e. The van der Waals surface area contributed by atoms with Crippen molar-refractivity contribution in [3.8, 4) is 0 Å². The molecule has 26 heavy (non-hydrogen) atoms. The van der Waals surface area contributed by atoms with Gasteiger partial charge in [-0.25, -0.2) is 4.99 Å². The molecule has 0 bridgehead atoms. The van der Waals surface area contributed by atoms with Gasteiger partial charge in [-0.2, -0.15) is 0 Å². The molecule has 140 valence electrons. The predicted molar refractivity (Wildman–Crippen MR) is 109 cm³/mol. The fourth-order valence-electron chi connectivity index (χ4n) is 3.07. The molecule has 1 unspecified atom stereocenters. The molecular formula is C20H28N4OS. The maximum atomic E-state index is 5.52. The molecule has 0 aliphatic carbocycles. The highest BCUT2D eigenvalue weighted by Gasteiger charge is 2.23. The van der Waals surface area contributed by atoms with Crippen molar-refractivity contribution < 1.29 is 4.74 Å². The van der Waals surface area contributed by atoms with E-state index in [2.05, 4.69) is 64.2 Å². The predicted octanol–water partition coefficient (Wildman–Crippen LogP) is 2.88. The Kier molecular flexibility index (Phi) is 7.49. The number of ether oxygens (including phenoxy) is 1. The molecular weight excluding hydrogens is 344 g/mol. The topological polar surface area (TPSA) is 48.9 Å². The van der Waals surface area contributed by atoms with Gasteiger partial charge < -0.3 is 15.4 Å². The minimum absolute atomic E-state index is 0.347. The molecule has 2 aromatic rings. The van der Waals surface area contributed by atoms with Crippen LogP contribution >= 0.6 is 11.3 Å². The van der Waals surface area contributed by atoms with Crippen molar-refractivity contribution in [1.29, 1.82) is 0 Å². The Morgan fingerprint density at radius 2 is 1.96 bits per heavy atom. The summed E-state index contributed by atoms with van der Waals surface area (Å²) < 4.78 is 5.52. The van der Waals surface area contributed by atoms with E-state index in [1.807, 2.05) is 17.4 Å². The summed E-state index contributed by atoms with van der Waals surface area (Å²) in [5.74, 6) is 0.867. The van der Waals surface area contributed by atoms with Crippen molar-refractivity contribution in [2.45, 2.75) is 19.5 Å². The first-order chi connectivity index (χ1) is 12.9. The Hall–Kier alpha value is -1.89. The van der Waals surface area contributed by atoms with E-state index in [4.69, 9.17) is 9.73 Å². The van der Waals surface area contributed by atoms with Gasteiger partial charge in [0.2, 0.25) is 0 Å². The lowest BCUT2D eigenvalue weighted by Crippen LogP contribution is -2.46. The molecule has 1 fully saturated rings. The summed E-state index contributed by atoms with van der Waals surface area (Å²) in [6, 6.07) is 15.0. The van der Waals surface area contributed by atoms with Crippen molar-refractivity contribution in [3.63, 3.8) is 0 Å². The van der Waals surface area contributed by atoms with Crippen molar-refractivity contribution in [2.24, 2.45) is 4.99 Å². The number of nitrogens with one attached hydrogen (secondary N) is 2. The van der Waals surface area contributed by atoms with Crippen LogP contribution in [0.25, 0.3) is 0 Å². The molecule has 3 rings (SSSR count). The molecule has 6 heteroatoms. The zero-order valence-electron chi connectivity index (χ0n) is 15.4. The van der Waals surface area contributed by atoms with E-state index in [-0.39, 0.29) is 0 Å². The molecule has 1 saturated heterocycles. The molecule has 2 heterocycles. The van der Waals surface area contributed by atoms with Gasteiger partial charge in [-0.05, 0) is 23.9 Å². The first-order valence-electron chi connectivity index (χ1n) is 9.28. The van der Waals surface area contributed by atoms with E-state index in [1.54, 1.807) is 0 Å². The molecule has 5 nitrogen and oxygen atoms in total. The van der Waals surface area contributed by atoms with E-state index in [0.29, 0.717) is 12.6 Å². The standard InChI is InChI=1S/C20H28N4OS/c1-2-21-20(22-15-17-7-4-3-5-8-17)23-16-18(19-9-6-14-26-19)24-10-12-25-13-11-24/h3-9,14,18H,2,10-13,15-16H2,1H3,(H2,21,22,23). The summed E-state index contributed by atoms with van der Waals surface area (Å²) in [4.78, 5) is 8.63. The average Bonchev–Trinajstić information content (AvgIpc) is 3.22. The number of guanidine groups is 1. The van der Waals surface area contributed by atoms with Crippen LogP contribution in [0.2, 0.25) is 0 Å². The second-order valence-electron chi connectivity index (χ2n) is 6.24. The number of nitrogens with zero attached hydrogens (tertiary/aromatic N) is 2. The van der Waals surface area contributed by atoms with Crippen LogP contribution in [0, 0.1) is 0 Å². The van der Waals surface area contributed by atoms with Crippen LogP contribution in [0.3, 0.4) is 0 Å². The molecule has 1 aromatic carbocycles. The molecule has 0 amide bonds. The number of morpholine rings is 1. The van der Waals surface area contributed by atoms with Gasteiger partial charge in [-0.3, -0.25) is 4.90 Å². The molecule has 1 aromatic heterocycles. The maximum absolute atomic E-state index is 5.52. The van der Waals surface area contributed by atoms with E-state index < -0.39 is 0 Å². The number of rotatable bonds is 7. The van der Waals surface area contributed by atoms with Gasteiger partial charge >= 0.3 is 0 Å². The van der Waals surface area contributed by atoms with Crippen molar-refractivity contribution in [2.75, 3.05) is 39.4 Å². The Morgan fingerprint density at radius 3 is 2.65 bits per heavy atom. The molecule has 1 atom stereocenters. The van der Waals surface area contributed by atoms with Crippen molar-refractivity contribution in [1.82, 2.24) is 15.5 Å². The van der Waals surface area contributed by atoms with Crippen LogP contribution in [0.5, 0.6) is 0 Å². The summed E-state index contributed by atoms with van der Waals surface area (Å²) in [5.41, 5.74) is 1.22. The van der Waals surface area contributed by atoms with Gasteiger partial charge in [0.15, 0.2) is 5.96 Å². The van der Waals surface area contributed by atoms with E-state index >= 15 is 0 Å². The van der Waals surface area contributed by atoms with Gasteiger partial charge in [-0.1, -0.05) is 36.4 Å². The van der Waals surface area contributed by atoms with Gasteiger partial charge in [-0.15, -0.1) is 11.3 Å². The lowest BCUT2D eigenvalue weighted by atomic mass is 10.2. The van der Waals surface area contributed by atoms with Gasteiger partial charge in [0.25, 0.3) is 0 Å². The minimum atomic E-state index is 0.347. The highest BCUT2D eigenvalue weighted by Crippen LogP contribution is 2.25. The molecule has 1 aliphatic rings. The SMILES string of the molecule is CCNC(=NCc1ccccc1)NCC(c1cccs1)N1CCOCC1. The average molecular weight is 373 g/mol. The summed E-state index contributed by atoms with van der Waals surface area (Å²) >= 11 is 1.82. The highest BCUT2D eigenvalue weighted by molar-refractivity contribution is 7.10. The van der Waals surface area contributed by atoms with Crippen LogP contribution in [-0.2, 0) is 11.3 Å². The van der Waals surface area contributed by atoms with Gasteiger partial charge in [0.05, 0.1) is 25.8 Å². The summed E-state index contributed by atoms with van der Waals surface area (Å²) in [7, 11) is 0. The number of hydrogen-bond acceptors (Lipinski definition) is 4. The summed E-state index contributed by atoms with van der Waals surface area (Å²) in [6.07, 6.45) is 0. The van der Waals surface area contributed by atoms with Crippen LogP contribution in [-0.4, -0.2) is 50.3 Å². The molecule has 2 N–H and O–H groups in total. The van der Waals surface area contributed by atoms with Crippen LogP contribution in [0.15, 0.2) is 52.8 Å². The van der Waals surface area contributed by atoms with Crippen molar-refractivity contribution >= 4 is 17.3 Å². The number of benzene rings is 1. The summed E-state index contributed by atoms with van der Waals surface area (Å²) in [6.45, 7) is 8.02.